The molecule has 1 rings (SSSR count). The predicted molar refractivity (Wildman–Crippen MR) is 73.5 cm³/mol. The van der Waals surface area contributed by atoms with Crippen LogP contribution in [-0.2, 0) is 11.8 Å². The second kappa shape index (κ2) is 5.09. The van der Waals surface area contributed by atoms with Gasteiger partial charge in [-0.3, -0.25) is 0 Å². The maximum Gasteiger partial charge on any atom is 0.122 e. The Hall–Kier alpha value is -1.02. The highest BCUT2D eigenvalue weighted by Crippen LogP contribution is 2.36. The SMILES string of the molecule is CCC(C)(C)c1cc(CC(C)N)cc(C)c1O. The van der Waals surface area contributed by atoms with Gasteiger partial charge in [-0.25, -0.2) is 0 Å². The lowest BCUT2D eigenvalue weighted by molar-refractivity contribution is 0.425. The van der Waals surface area contributed by atoms with Crippen molar-refractivity contribution in [3.05, 3.63) is 28.8 Å². The second-order valence-corrected chi connectivity index (χ2v) is 5.73. The Bertz CT molecular complexity index is 394. The van der Waals surface area contributed by atoms with Gasteiger partial charge in [-0.05, 0) is 43.2 Å². The third kappa shape index (κ3) is 3.22. The van der Waals surface area contributed by atoms with Crippen molar-refractivity contribution in [2.75, 3.05) is 0 Å². The minimum absolute atomic E-state index is 0.00267. The summed E-state index contributed by atoms with van der Waals surface area (Å²) in [5.41, 5.74) is 9.04. The molecule has 0 heterocycles. The highest BCUT2D eigenvalue weighted by molar-refractivity contribution is 5.46. The second-order valence-electron chi connectivity index (χ2n) is 5.73. The number of phenols is 1. The molecule has 1 aromatic carbocycles. The number of hydrogen-bond donors (Lipinski definition) is 2. The van der Waals surface area contributed by atoms with Gasteiger partial charge in [-0.15, -0.1) is 0 Å². The van der Waals surface area contributed by atoms with E-state index in [4.69, 9.17) is 5.73 Å². The molecule has 0 radical (unpaired) electrons. The average Bonchev–Trinajstić information content (AvgIpc) is 2.22. The van der Waals surface area contributed by atoms with Crippen LogP contribution >= 0.6 is 0 Å². The highest BCUT2D eigenvalue weighted by atomic mass is 16.3. The van der Waals surface area contributed by atoms with Gasteiger partial charge in [0, 0.05) is 11.6 Å². The first-order valence-electron chi connectivity index (χ1n) is 6.36. The summed E-state index contributed by atoms with van der Waals surface area (Å²) in [5, 5.41) is 10.2. The van der Waals surface area contributed by atoms with Crippen LogP contribution in [0.15, 0.2) is 12.1 Å². The van der Waals surface area contributed by atoms with Crippen LogP contribution in [0.4, 0.5) is 0 Å². The number of benzene rings is 1. The number of rotatable bonds is 4. The molecule has 0 aliphatic rings. The van der Waals surface area contributed by atoms with Gasteiger partial charge in [0.1, 0.15) is 5.75 Å². The molecular formula is C15H25NO. The van der Waals surface area contributed by atoms with Gasteiger partial charge in [0.05, 0.1) is 0 Å². The summed E-state index contributed by atoms with van der Waals surface area (Å²) < 4.78 is 0. The van der Waals surface area contributed by atoms with Gasteiger partial charge < -0.3 is 10.8 Å². The number of nitrogens with two attached hydrogens (primary N) is 1. The Kier molecular flexibility index (Phi) is 4.21. The van der Waals surface area contributed by atoms with E-state index in [1.54, 1.807) is 0 Å². The fraction of sp³-hybridized carbons (Fsp3) is 0.600. The molecule has 17 heavy (non-hydrogen) atoms. The van der Waals surface area contributed by atoms with Crippen LogP contribution < -0.4 is 5.73 Å². The highest BCUT2D eigenvalue weighted by Gasteiger charge is 2.23. The van der Waals surface area contributed by atoms with Crippen LogP contribution in [0.5, 0.6) is 5.75 Å². The van der Waals surface area contributed by atoms with Crippen molar-refractivity contribution in [1.29, 1.82) is 0 Å². The molecule has 1 atom stereocenters. The fourth-order valence-corrected chi connectivity index (χ4v) is 2.05. The van der Waals surface area contributed by atoms with E-state index in [1.807, 2.05) is 19.9 Å². The van der Waals surface area contributed by atoms with Crippen LogP contribution in [0.1, 0.15) is 50.8 Å². The van der Waals surface area contributed by atoms with E-state index in [9.17, 15) is 5.11 Å². The summed E-state index contributed by atoms with van der Waals surface area (Å²) >= 11 is 0. The molecule has 0 spiro atoms. The molecule has 1 aromatic rings. The molecular weight excluding hydrogens is 210 g/mol. The zero-order valence-electron chi connectivity index (χ0n) is 11.7. The number of phenolic OH excluding ortho intramolecular Hbond substituents is 1. The van der Waals surface area contributed by atoms with Gasteiger partial charge in [-0.1, -0.05) is 32.9 Å². The molecule has 0 aliphatic carbocycles. The zero-order chi connectivity index (χ0) is 13.2. The Morgan fingerprint density at radius 1 is 1.35 bits per heavy atom. The van der Waals surface area contributed by atoms with Crippen molar-refractivity contribution < 1.29 is 5.11 Å². The van der Waals surface area contributed by atoms with Crippen LogP contribution in [0.25, 0.3) is 0 Å². The molecule has 0 saturated heterocycles. The van der Waals surface area contributed by atoms with Gasteiger partial charge in [0.25, 0.3) is 0 Å². The molecule has 0 aromatic heterocycles. The van der Waals surface area contributed by atoms with E-state index in [2.05, 4.69) is 26.8 Å². The largest absolute Gasteiger partial charge is 0.507 e. The fourth-order valence-electron chi connectivity index (χ4n) is 2.05. The van der Waals surface area contributed by atoms with E-state index in [0.717, 1.165) is 24.0 Å². The van der Waals surface area contributed by atoms with Crippen molar-refractivity contribution in [1.82, 2.24) is 0 Å². The summed E-state index contributed by atoms with van der Waals surface area (Å²) in [5.74, 6) is 0.435. The predicted octanol–water partition coefficient (Wildman–Crippen LogP) is 3.28. The van der Waals surface area contributed by atoms with Crippen molar-refractivity contribution in [3.8, 4) is 5.75 Å². The first kappa shape index (κ1) is 14.0. The maximum atomic E-state index is 10.2. The topological polar surface area (TPSA) is 46.2 Å². The first-order valence-corrected chi connectivity index (χ1v) is 6.36. The van der Waals surface area contributed by atoms with Crippen molar-refractivity contribution in [2.24, 2.45) is 5.73 Å². The smallest absolute Gasteiger partial charge is 0.122 e. The molecule has 2 heteroatoms. The maximum absolute atomic E-state index is 10.2. The van der Waals surface area contributed by atoms with Crippen molar-refractivity contribution in [3.63, 3.8) is 0 Å². The number of hydrogen-bond acceptors (Lipinski definition) is 2. The van der Waals surface area contributed by atoms with Gasteiger partial charge in [0.15, 0.2) is 0 Å². The van der Waals surface area contributed by atoms with E-state index in [0.29, 0.717) is 5.75 Å². The average molecular weight is 235 g/mol. The number of aromatic hydroxyl groups is 1. The van der Waals surface area contributed by atoms with Gasteiger partial charge in [-0.2, -0.15) is 0 Å². The third-order valence-corrected chi connectivity index (χ3v) is 3.53. The Balaban J connectivity index is 3.25. The summed E-state index contributed by atoms with van der Waals surface area (Å²) in [6.45, 7) is 10.4. The van der Waals surface area contributed by atoms with Crippen LogP contribution in [0.2, 0.25) is 0 Å². The molecule has 0 saturated carbocycles. The van der Waals surface area contributed by atoms with E-state index in [-0.39, 0.29) is 11.5 Å². The van der Waals surface area contributed by atoms with Gasteiger partial charge in [0.2, 0.25) is 0 Å². The van der Waals surface area contributed by atoms with Crippen molar-refractivity contribution >= 4 is 0 Å². The first-order chi connectivity index (χ1) is 7.77. The summed E-state index contributed by atoms with van der Waals surface area (Å²) in [6.07, 6.45) is 1.86. The zero-order valence-corrected chi connectivity index (χ0v) is 11.7. The normalized spacial score (nSPS) is 13.8. The number of aryl methyl sites for hydroxylation is 1. The molecule has 0 aliphatic heterocycles. The van der Waals surface area contributed by atoms with Crippen LogP contribution in [-0.4, -0.2) is 11.1 Å². The van der Waals surface area contributed by atoms with Crippen molar-refractivity contribution in [2.45, 2.75) is 58.9 Å². The Morgan fingerprint density at radius 3 is 2.41 bits per heavy atom. The van der Waals surface area contributed by atoms with E-state index in [1.165, 1.54) is 5.56 Å². The minimum atomic E-state index is 0.00267. The monoisotopic (exact) mass is 235 g/mol. The Labute approximate surface area is 105 Å². The van der Waals surface area contributed by atoms with E-state index < -0.39 is 0 Å². The summed E-state index contributed by atoms with van der Waals surface area (Å²) in [4.78, 5) is 0. The molecule has 0 bridgehead atoms. The standard InChI is InChI=1S/C15H25NO/c1-6-15(4,5)13-9-12(8-11(3)16)7-10(2)14(13)17/h7,9,11,17H,6,8,16H2,1-5H3. The van der Waals surface area contributed by atoms with Crippen LogP contribution in [0.3, 0.4) is 0 Å². The lowest BCUT2D eigenvalue weighted by Gasteiger charge is -2.26. The minimum Gasteiger partial charge on any atom is -0.507 e. The molecule has 1 unspecified atom stereocenters. The van der Waals surface area contributed by atoms with Crippen LogP contribution in [0, 0.1) is 6.92 Å². The van der Waals surface area contributed by atoms with Gasteiger partial charge >= 0.3 is 0 Å². The molecule has 0 amide bonds. The summed E-state index contributed by atoms with van der Waals surface area (Å²) in [7, 11) is 0. The molecule has 96 valence electrons. The third-order valence-electron chi connectivity index (χ3n) is 3.53. The molecule has 3 N–H and O–H groups in total. The Morgan fingerprint density at radius 2 is 1.94 bits per heavy atom. The van der Waals surface area contributed by atoms with E-state index >= 15 is 0 Å². The molecule has 2 nitrogen and oxygen atoms in total. The lowest BCUT2D eigenvalue weighted by atomic mass is 9.79. The lowest BCUT2D eigenvalue weighted by Crippen LogP contribution is -2.20. The summed E-state index contributed by atoms with van der Waals surface area (Å²) in [6, 6.07) is 4.29. The molecule has 0 fully saturated rings. The quantitative estimate of drug-likeness (QED) is 0.841.